The van der Waals surface area contributed by atoms with Crippen LogP contribution in [-0.2, 0) is 4.79 Å². The molecule has 5 nitrogen and oxygen atoms in total. The third-order valence-corrected chi connectivity index (χ3v) is 2.69. The van der Waals surface area contributed by atoms with Crippen molar-refractivity contribution >= 4 is 11.6 Å². The van der Waals surface area contributed by atoms with Crippen LogP contribution in [0.15, 0.2) is 24.3 Å². The topological polar surface area (TPSA) is 67.6 Å². The Balaban J connectivity index is 2.54. The van der Waals surface area contributed by atoms with Crippen molar-refractivity contribution in [3.63, 3.8) is 0 Å². The highest BCUT2D eigenvalue weighted by atomic mass is 16.5. The van der Waals surface area contributed by atoms with Gasteiger partial charge in [-0.2, -0.15) is 0 Å². The van der Waals surface area contributed by atoms with E-state index < -0.39 is 6.04 Å². The lowest BCUT2D eigenvalue weighted by molar-refractivity contribution is -0.117. The van der Waals surface area contributed by atoms with E-state index >= 15 is 0 Å². The summed E-state index contributed by atoms with van der Waals surface area (Å²) >= 11 is 0. The average molecular weight is 265 g/mol. The third kappa shape index (κ3) is 5.72. The summed E-state index contributed by atoms with van der Waals surface area (Å²) < 4.78 is 5.60. The molecule has 0 bridgehead atoms. The Labute approximate surface area is 114 Å². The number of carbonyl (C=O) groups excluding carboxylic acids is 1. The summed E-state index contributed by atoms with van der Waals surface area (Å²) in [6, 6.07) is 6.86. The first-order chi connectivity index (χ1) is 9.02. The van der Waals surface area contributed by atoms with Crippen molar-refractivity contribution in [2.24, 2.45) is 5.73 Å². The van der Waals surface area contributed by atoms with Gasteiger partial charge in [0, 0.05) is 18.3 Å². The van der Waals surface area contributed by atoms with E-state index in [4.69, 9.17) is 10.5 Å². The molecule has 19 heavy (non-hydrogen) atoms. The van der Waals surface area contributed by atoms with Crippen LogP contribution in [0.2, 0.25) is 0 Å². The predicted octanol–water partition coefficient (Wildman–Crippen LogP) is 1.30. The lowest BCUT2D eigenvalue weighted by Gasteiger charge is -2.13. The quantitative estimate of drug-likeness (QED) is 0.780. The molecule has 0 saturated carbocycles. The second-order valence-corrected chi connectivity index (χ2v) is 4.68. The first-order valence-corrected chi connectivity index (χ1v) is 6.47. The lowest BCUT2D eigenvalue weighted by Crippen LogP contribution is -2.34. The van der Waals surface area contributed by atoms with Gasteiger partial charge < -0.3 is 20.7 Å². The summed E-state index contributed by atoms with van der Waals surface area (Å²) in [6.07, 6.45) is 0.616. The van der Waals surface area contributed by atoms with Gasteiger partial charge in [0.25, 0.3) is 0 Å². The van der Waals surface area contributed by atoms with Crippen LogP contribution in [0.25, 0.3) is 0 Å². The van der Waals surface area contributed by atoms with Gasteiger partial charge in [0.15, 0.2) is 0 Å². The molecule has 106 valence electrons. The summed E-state index contributed by atoms with van der Waals surface area (Å²) in [6.45, 7) is 3.33. The number of benzene rings is 1. The van der Waals surface area contributed by atoms with Crippen molar-refractivity contribution in [2.45, 2.75) is 19.4 Å². The van der Waals surface area contributed by atoms with Crippen LogP contribution in [0, 0.1) is 0 Å². The minimum atomic E-state index is -0.474. The molecule has 0 radical (unpaired) electrons. The van der Waals surface area contributed by atoms with Crippen molar-refractivity contribution < 1.29 is 9.53 Å². The highest BCUT2D eigenvalue weighted by molar-refractivity contribution is 5.94. The largest absolute Gasteiger partial charge is 0.492 e. The van der Waals surface area contributed by atoms with E-state index in [9.17, 15) is 4.79 Å². The fourth-order valence-electron chi connectivity index (χ4n) is 1.43. The Hall–Kier alpha value is -1.59. The van der Waals surface area contributed by atoms with Crippen molar-refractivity contribution in [1.29, 1.82) is 0 Å². The summed E-state index contributed by atoms with van der Waals surface area (Å²) in [5.74, 6) is 0.567. The molecule has 0 fully saturated rings. The Morgan fingerprint density at radius 1 is 1.47 bits per heavy atom. The lowest BCUT2D eigenvalue weighted by atomic mass is 10.2. The molecular weight excluding hydrogens is 242 g/mol. The molecule has 0 aliphatic carbocycles. The van der Waals surface area contributed by atoms with Crippen LogP contribution in [0.3, 0.4) is 0 Å². The molecule has 0 heterocycles. The van der Waals surface area contributed by atoms with Crippen LogP contribution in [-0.4, -0.2) is 44.1 Å². The molecule has 1 aromatic rings. The van der Waals surface area contributed by atoms with Crippen molar-refractivity contribution in [1.82, 2.24) is 4.90 Å². The monoisotopic (exact) mass is 265 g/mol. The number of rotatable bonds is 7. The van der Waals surface area contributed by atoms with Crippen molar-refractivity contribution in [2.75, 3.05) is 32.6 Å². The average Bonchev–Trinajstić information content (AvgIpc) is 2.37. The van der Waals surface area contributed by atoms with Crippen LogP contribution < -0.4 is 15.8 Å². The molecule has 0 spiro atoms. The normalized spacial score (nSPS) is 12.3. The number of nitrogens with two attached hydrogens (primary N) is 1. The van der Waals surface area contributed by atoms with E-state index in [-0.39, 0.29) is 5.91 Å². The molecule has 5 heteroatoms. The maximum Gasteiger partial charge on any atom is 0.241 e. The fraction of sp³-hybridized carbons (Fsp3) is 0.500. The number of amides is 1. The van der Waals surface area contributed by atoms with Gasteiger partial charge in [-0.15, -0.1) is 0 Å². The first-order valence-electron chi connectivity index (χ1n) is 6.47. The van der Waals surface area contributed by atoms with E-state index in [1.165, 1.54) is 0 Å². The summed E-state index contributed by atoms with van der Waals surface area (Å²) in [5, 5.41) is 2.78. The van der Waals surface area contributed by atoms with Crippen LogP contribution in [0.1, 0.15) is 13.3 Å². The zero-order chi connectivity index (χ0) is 14.3. The van der Waals surface area contributed by atoms with Gasteiger partial charge in [-0.3, -0.25) is 4.79 Å². The smallest absolute Gasteiger partial charge is 0.241 e. The van der Waals surface area contributed by atoms with Gasteiger partial charge >= 0.3 is 0 Å². The van der Waals surface area contributed by atoms with Gasteiger partial charge in [-0.25, -0.2) is 0 Å². The van der Waals surface area contributed by atoms with Crippen LogP contribution in [0.4, 0.5) is 5.69 Å². The number of nitrogens with one attached hydrogen (secondary N) is 1. The number of hydrogen-bond acceptors (Lipinski definition) is 4. The predicted molar refractivity (Wildman–Crippen MR) is 77.4 cm³/mol. The minimum Gasteiger partial charge on any atom is -0.492 e. The molecule has 0 aliphatic rings. The van der Waals surface area contributed by atoms with E-state index in [1.807, 2.05) is 44.1 Å². The zero-order valence-corrected chi connectivity index (χ0v) is 11.8. The highest BCUT2D eigenvalue weighted by Crippen LogP contribution is 2.17. The van der Waals surface area contributed by atoms with E-state index in [1.54, 1.807) is 6.07 Å². The Bertz CT molecular complexity index is 407. The summed E-state index contributed by atoms with van der Waals surface area (Å²) in [7, 11) is 3.98. The van der Waals surface area contributed by atoms with E-state index in [0.717, 1.165) is 12.3 Å². The number of nitrogens with zero attached hydrogens (tertiary/aromatic N) is 1. The van der Waals surface area contributed by atoms with Gasteiger partial charge in [-0.05, 0) is 32.6 Å². The SMILES string of the molecule is CCC(N)C(=O)Nc1cccc(OCCN(C)C)c1. The molecule has 1 aromatic carbocycles. The zero-order valence-electron chi connectivity index (χ0n) is 11.8. The fourth-order valence-corrected chi connectivity index (χ4v) is 1.43. The molecule has 0 aliphatic heterocycles. The number of likely N-dealkylation sites (N-methyl/N-ethyl adjacent to an activating group) is 1. The molecule has 1 atom stereocenters. The molecule has 3 N–H and O–H groups in total. The summed E-state index contributed by atoms with van der Waals surface area (Å²) in [4.78, 5) is 13.7. The molecule has 1 unspecified atom stereocenters. The van der Waals surface area contributed by atoms with Crippen LogP contribution >= 0.6 is 0 Å². The van der Waals surface area contributed by atoms with E-state index in [2.05, 4.69) is 5.32 Å². The Morgan fingerprint density at radius 3 is 2.84 bits per heavy atom. The molecule has 0 aromatic heterocycles. The number of hydrogen-bond donors (Lipinski definition) is 2. The number of carbonyl (C=O) groups is 1. The maximum absolute atomic E-state index is 11.7. The Morgan fingerprint density at radius 2 is 2.21 bits per heavy atom. The van der Waals surface area contributed by atoms with Gasteiger partial charge in [-0.1, -0.05) is 13.0 Å². The molecule has 0 saturated heterocycles. The Kier molecular flexibility index (Phi) is 6.32. The van der Waals surface area contributed by atoms with Gasteiger partial charge in [0.2, 0.25) is 5.91 Å². The second-order valence-electron chi connectivity index (χ2n) is 4.68. The first kappa shape index (κ1) is 15.5. The molecule has 1 amide bonds. The minimum absolute atomic E-state index is 0.173. The van der Waals surface area contributed by atoms with E-state index in [0.29, 0.717) is 18.7 Å². The maximum atomic E-state index is 11.7. The van der Waals surface area contributed by atoms with Crippen molar-refractivity contribution in [3.05, 3.63) is 24.3 Å². The highest BCUT2D eigenvalue weighted by Gasteiger charge is 2.11. The summed E-state index contributed by atoms with van der Waals surface area (Å²) in [5.41, 5.74) is 6.37. The number of anilines is 1. The van der Waals surface area contributed by atoms with Crippen LogP contribution in [0.5, 0.6) is 5.75 Å². The van der Waals surface area contributed by atoms with Crippen molar-refractivity contribution in [3.8, 4) is 5.75 Å². The second kappa shape index (κ2) is 7.76. The van der Waals surface area contributed by atoms with Gasteiger partial charge in [0.05, 0.1) is 6.04 Å². The molecule has 1 rings (SSSR count). The third-order valence-electron chi connectivity index (χ3n) is 2.69. The standard InChI is InChI=1S/C14H23N3O2/c1-4-13(15)14(18)16-11-6-5-7-12(10-11)19-9-8-17(2)3/h5-7,10,13H,4,8-9,15H2,1-3H3,(H,16,18). The van der Waals surface area contributed by atoms with Gasteiger partial charge in [0.1, 0.15) is 12.4 Å². The number of ether oxygens (including phenoxy) is 1. The molecular formula is C14H23N3O2.